The Labute approximate surface area is 128 Å². The SMILES string of the molecule is Cc1ccc(Cl)cc1Oc1cc(Br)ccc1CBr. The van der Waals surface area contributed by atoms with Crippen molar-refractivity contribution < 1.29 is 4.74 Å². The molecule has 0 saturated heterocycles. The van der Waals surface area contributed by atoms with Gasteiger partial charge in [-0.1, -0.05) is 55.6 Å². The summed E-state index contributed by atoms with van der Waals surface area (Å²) in [6.07, 6.45) is 0. The first kappa shape index (κ1) is 13.9. The monoisotopic (exact) mass is 388 g/mol. The van der Waals surface area contributed by atoms with E-state index in [1.807, 2.05) is 43.3 Å². The van der Waals surface area contributed by atoms with Crippen molar-refractivity contribution >= 4 is 43.5 Å². The second kappa shape index (κ2) is 6.09. The van der Waals surface area contributed by atoms with Crippen LogP contribution < -0.4 is 4.74 Å². The van der Waals surface area contributed by atoms with E-state index in [9.17, 15) is 0 Å². The third-order valence-corrected chi connectivity index (χ3v) is 3.88. The standard InChI is InChI=1S/C14H11Br2ClO/c1-9-2-5-12(17)7-13(9)18-14-6-11(16)4-3-10(14)8-15/h2-7H,8H2,1H3. The van der Waals surface area contributed by atoms with Gasteiger partial charge in [0.05, 0.1) is 0 Å². The number of benzene rings is 2. The summed E-state index contributed by atoms with van der Waals surface area (Å²) in [5.41, 5.74) is 2.15. The van der Waals surface area contributed by atoms with Gasteiger partial charge in [0.1, 0.15) is 11.5 Å². The maximum Gasteiger partial charge on any atom is 0.132 e. The summed E-state index contributed by atoms with van der Waals surface area (Å²) in [6, 6.07) is 11.6. The fraction of sp³-hybridized carbons (Fsp3) is 0.143. The smallest absolute Gasteiger partial charge is 0.132 e. The molecule has 0 N–H and O–H groups in total. The number of ether oxygens (including phenoxy) is 1. The number of aryl methyl sites for hydroxylation is 1. The zero-order chi connectivity index (χ0) is 13.1. The summed E-state index contributed by atoms with van der Waals surface area (Å²) >= 11 is 12.9. The lowest BCUT2D eigenvalue weighted by atomic mass is 10.2. The van der Waals surface area contributed by atoms with E-state index in [-0.39, 0.29) is 0 Å². The van der Waals surface area contributed by atoms with Gasteiger partial charge in [-0.3, -0.25) is 0 Å². The van der Waals surface area contributed by atoms with Crippen molar-refractivity contribution in [3.63, 3.8) is 0 Å². The zero-order valence-corrected chi connectivity index (χ0v) is 13.6. The van der Waals surface area contributed by atoms with Crippen LogP contribution in [-0.4, -0.2) is 0 Å². The van der Waals surface area contributed by atoms with Crippen molar-refractivity contribution in [3.8, 4) is 11.5 Å². The Morgan fingerprint density at radius 1 is 1.11 bits per heavy atom. The molecule has 0 aliphatic heterocycles. The van der Waals surface area contributed by atoms with Crippen LogP contribution in [-0.2, 0) is 5.33 Å². The summed E-state index contributed by atoms with van der Waals surface area (Å²) in [6.45, 7) is 2.00. The second-order valence-electron chi connectivity index (χ2n) is 3.90. The Morgan fingerprint density at radius 3 is 2.61 bits per heavy atom. The van der Waals surface area contributed by atoms with Gasteiger partial charge < -0.3 is 4.74 Å². The molecule has 0 spiro atoms. The molecule has 0 saturated carbocycles. The predicted molar refractivity (Wildman–Crippen MR) is 83.0 cm³/mol. The predicted octanol–water partition coefficient (Wildman–Crippen LogP) is 6.10. The van der Waals surface area contributed by atoms with Crippen LogP contribution in [0, 0.1) is 6.92 Å². The van der Waals surface area contributed by atoms with Crippen molar-refractivity contribution in [2.24, 2.45) is 0 Å². The van der Waals surface area contributed by atoms with Crippen molar-refractivity contribution in [2.75, 3.05) is 0 Å². The van der Waals surface area contributed by atoms with Gasteiger partial charge in [0, 0.05) is 20.4 Å². The zero-order valence-electron chi connectivity index (χ0n) is 9.71. The number of hydrogen-bond acceptors (Lipinski definition) is 1. The highest BCUT2D eigenvalue weighted by Crippen LogP contribution is 2.32. The fourth-order valence-electron chi connectivity index (χ4n) is 1.54. The summed E-state index contributed by atoms with van der Waals surface area (Å²) in [4.78, 5) is 0. The van der Waals surface area contributed by atoms with Crippen LogP contribution in [0.5, 0.6) is 11.5 Å². The molecular weight excluding hydrogens is 379 g/mol. The van der Waals surface area contributed by atoms with E-state index in [0.29, 0.717) is 5.02 Å². The summed E-state index contributed by atoms with van der Waals surface area (Å²) < 4.78 is 6.94. The first-order chi connectivity index (χ1) is 8.60. The molecule has 94 valence electrons. The minimum Gasteiger partial charge on any atom is -0.457 e. The molecule has 0 radical (unpaired) electrons. The van der Waals surface area contributed by atoms with Gasteiger partial charge >= 0.3 is 0 Å². The Kier molecular flexibility index (Phi) is 4.71. The van der Waals surface area contributed by atoms with Crippen LogP contribution in [0.2, 0.25) is 5.02 Å². The van der Waals surface area contributed by atoms with Crippen LogP contribution in [0.15, 0.2) is 40.9 Å². The van der Waals surface area contributed by atoms with Crippen molar-refractivity contribution in [1.29, 1.82) is 0 Å². The fourth-order valence-corrected chi connectivity index (χ4v) is 2.50. The molecule has 1 nitrogen and oxygen atoms in total. The molecule has 0 aliphatic rings. The van der Waals surface area contributed by atoms with Gasteiger partial charge in [-0.25, -0.2) is 0 Å². The quantitative estimate of drug-likeness (QED) is 0.576. The molecule has 0 heterocycles. The molecule has 0 bridgehead atoms. The molecule has 2 aromatic carbocycles. The van der Waals surface area contributed by atoms with Gasteiger partial charge in [0.2, 0.25) is 0 Å². The molecule has 0 unspecified atom stereocenters. The second-order valence-corrected chi connectivity index (χ2v) is 5.81. The van der Waals surface area contributed by atoms with Crippen LogP contribution in [0.3, 0.4) is 0 Å². The molecule has 0 atom stereocenters. The van der Waals surface area contributed by atoms with Gasteiger partial charge in [0.15, 0.2) is 0 Å². The molecule has 2 rings (SSSR count). The van der Waals surface area contributed by atoms with Crippen molar-refractivity contribution in [2.45, 2.75) is 12.3 Å². The molecular formula is C14H11Br2ClO. The normalized spacial score (nSPS) is 10.4. The van der Waals surface area contributed by atoms with E-state index < -0.39 is 0 Å². The maximum absolute atomic E-state index is 5.99. The van der Waals surface area contributed by atoms with E-state index in [1.54, 1.807) is 0 Å². The van der Waals surface area contributed by atoms with Crippen LogP contribution >= 0.6 is 43.5 Å². The van der Waals surface area contributed by atoms with E-state index in [4.69, 9.17) is 16.3 Å². The highest BCUT2D eigenvalue weighted by molar-refractivity contribution is 9.10. The third kappa shape index (κ3) is 3.28. The molecule has 0 fully saturated rings. The number of hydrogen-bond donors (Lipinski definition) is 0. The van der Waals surface area contributed by atoms with E-state index in [2.05, 4.69) is 31.9 Å². The van der Waals surface area contributed by atoms with Crippen LogP contribution in [0.25, 0.3) is 0 Å². The number of halogens is 3. The Morgan fingerprint density at radius 2 is 1.89 bits per heavy atom. The Bertz CT molecular complexity index is 570. The molecule has 18 heavy (non-hydrogen) atoms. The summed E-state index contributed by atoms with van der Waals surface area (Å²) in [5.74, 6) is 1.61. The molecule has 2 aromatic rings. The van der Waals surface area contributed by atoms with E-state index in [0.717, 1.165) is 32.4 Å². The lowest BCUT2D eigenvalue weighted by molar-refractivity contribution is 0.474. The minimum absolute atomic E-state index is 0.672. The van der Waals surface area contributed by atoms with Crippen molar-refractivity contribution in [3.05, 3.63) is 57.0 Å². The molecule has 4 heteroatoms. The van der Waals surface area contributed by atoms with Gasteiger partial charge in [0.25, 0.3) is 0 Å². The van der Waals surface area contributed by atoms with Gasteiger partial charge in [-0.05, 0) is 36.8 Å². The first-order valence-corrected chi connectivity index (χ1v) is 7.68. The topological polar surface area (TPSA) is 9.23 Å². The lowest BCUT2D eigenvalue weighted by Crippen LogP contribution is -1.91. The van der Waals surface area contributed by atoms with Gasteiger partial charge in [-0.2, -0.15) is 0 Å². The lowest BCUT2D eigenvalue weighted by Gasteiger charge is -2.12. The Balaban J connectivity index is 2.38. The average molecular weight is 391 g/mol. The largest absolute Gasteiger partial charge is 0.457 e. The molecule has 0 amide bonds. The molecule has 0 aromatic heterocycles. The van der Waals surface area contributed by atoms with Crippen LogP contribution in [0.4, 0.5) is 0 Å². The number of rotatable bonds is 3. The average Bonchev–Trinajstić information content (AvgIpc) is 2.34. The highest BCUT2D eigenvalue weighted by Gasteiger charge is 2.07. The van der Waals surface area contributed by atoms with Crippen molar-refractivity contribution in [1.82, 2.24) is 0 Å². The minimum atomic E-state index is 0.672. The Hall–Kier alpha value is -0.510. The molecule has 0 aliphatic carbocycles. The third-order valence-electron chi connectivity index (χ3n) is 2.54. The van der Waals surface area contributed by atoms with Crippen LogP contribution in [0.1, 0.15) is 11.1 Å². The highest BCUT2D eigenvalue weighted by atomic mass is 79.9. The maximum atomic E-state index is 5.99. The number of alkyl halides is 1. The van der Waals surface area contributed by atoms with E-state index >= 15 is 0 Å². The van der Waals surface area contributed by atoms with Gasteiger partial charge in [-0.15, -0.1) is 0 Å². The summed E-state index contributed by atoms with van der Waals surface area (Å²) in [7, 11) is 0. The summed E-state index contributed by atoms with van der Waals surface area (Å²) in [5, 5.41) is 1.42. The van der Waals surface area contributed by atoms with E-state index in [1.165, 1.54) is 0 Å². The first-order valence-electron chi connectivity index (χ1n) is 5.38.